The SMILES string of the molecule is CCCCC/C(=C/C(C)(C)C)C(=O)OC. The van der Waals surface area contributed by atoms with Crippen molar-refractivity contribution < 1.29 is 9.53 Å². The minimum atomic E-state index is -0.180. The van der Waals surface area contributed by atoms with E-state index in [0.29, 0.717) is 0 Å². The highest BCUT2D eigenvalue weighted by Crippen LogP contribution is 2.21. The van der Waals surface area contributed by atoms with E-state index >= 15 is 0 Å². The van der Waals surface area contributed by atoms with Crippen LogP contribution in [0.2, 0.25) is 0 Å². The Morgan fingerprint density at radius 1 is 1.27 bits per heavy atom. The predicted octanol–water partition coefficient (Wildman–Crippen LogP) is 3.71. The lowest BCUT2D eigenvalue weighted by Crippen LogP contribution is -2.10. The van der Waals surface area contributed by atoms with Gasteiger partial charge in [0.2, 0.25) is 0 Å². The molecular formula is C13H24O2. The Kier molecular flexibility index (Phi) is 6.30. The first-order valence-corrected chi connectivity index (χ1v) is 5.70. The van der Waals surface area contributed by atoms with Gasteiger partial charge < -0.3 is 4.74 Å². The molecule has 0 fully saturated rings. The van der Waals surface area contributed by atoms with Crippen molar-refractivity contribution in [2.75, 3.05) is 7.11 Å². The van der Waals surface area contributed by atoms with Crippen LogP contribution in [0.1, 0.15) is 53.4 Å². The normalized spacial score (nSPS) is 12.7. The molecule has 0 rings (SSSR count). The second-order valence-corrected chi connectivity index (χ2v) is 4.98. The number of esters is 1. The summed E-state index contributed by atoms with van der Waals surface area (Å²) in [6.45, 7) is 8.44. The summed E-state index contributed by atoms with van der Waals surface area (Å²) in [6.07, 6.45) is 6.25. The zero-order valence-corrected chi connectivity index (χ0v) is 10.7. The smallest absolute Gasteiger partial charge is 0.333 e. The van der Waals surface area contributed by atoms with Crippen LogP contribution in [-0.2, 0) is 9.53 Å². The molecule has 0 saturated carbocycles. The van der Waals surface area contributed by atoms with E-state index in [4.69, 9.17) is 4.74 Å². The number of methoxy groups -OCH3 is 1. The molecular weight excluding hydrogens is 188 g/mol. The van der Waals surface area contributed by atoms with Crippen molar-refractivity contribution in [1.82, 2.24) is 0 Å². The fraction of sp³-hybridized carbons (Fsp3) is 0.769. The molecule has 0 aromatic heterocycles. The molecule has 0 aromatic carbocycles. The number of allylic oxidation sites excluding steroid dienone is 1. The molecule has 0 aliphatic rings. The van der Waals surface area contributed by atoms with Gasteiger partial charge in [-0.2, -0.15) is 0 Å². The summed E-state index contributed by atoms with van der Waals surface area (Å²) >= 11 is 0. The van der Waals surface area contributed by atoms with E-state index < -0.39 is 0 Å². The average molecular weight is 212 g/mol. The Labute approximate surface area is 93.7 Å². The minimum Gasteiger partial charge on any atom is -0.466 e. The van der Waals surface area contributed by atoms with Crippen molar-refractivity contribution in [2.45, 2.75) is 53.4 Å². The van der Waals surface area contributed by atoms with Crippen molar-refractivity contribution in [3.63, 3.8) is 0 Å². The van der Waals surface area contributed by atoms with Crippen LogP contribution in [-0.4, -0.2) is 13.1 Å². The summed E-state index contributed by atoms with van der Waals surface area (Å²) in [5, 5.41) is 0. The molecule has 15 heavy (non-hydrogen) atoms. The van der Waals surface area contributed by atoms with Gasteiger partial charge in [0.1, 0.15) is 0 Å². The van der Waals surface area contributed by atoms with Crippen LogP contribution >= 0.6 is 0 Å². The van der Waals surface area contributed by atoms with E-state index in [9.17, 15) is 4.79 Å². The lowest BCUT2D eigenvalue weighted by atomic mass is 9.92. The number of hydrogen-bond donors (Lipinski definition) is 0. The maximum Gasteiger partial charge on any atom is 0.333 e. The standard InChI is InChI=1S/C13H24O2/c1-6-7-8-9-11(12(14)15-5)10-13(2,3)4/h10H,6-9H2,1-5H3/b11-10-. The van der Waals surface area contributed by atoms with Gasteiger partial charge >= 0.3 is 5.97 Å². The quantitative estimate of drug-likeness (QED) is 0.394. The van der Waals surface area contributed by atoms with Gasteiger partial charge in [0, 0.05) is 5.57 Å². The van der Waals surface area contributed by atoms with Crippen LogP contribution in [0.3, 0.4) is 0 Å². The fourth-order valence-electron chi connectivity index (χ4n) is 1.45. The van der Waals surface area contributed by atoms with Gasteiger partial charge in [-0.05, 0) is 18.3 Å². The van der Waals surface area contributed by atoms with Crippen molar-refractivity contribution in [2.24, 2.45) is 5.41 Å². The van der Waals surface area contributed by atoms with Crippen LogP contribution in [0.25, 0.3) is 0 Å². The summed E-state index contributed by atoms with van der Waals surface area (Å²) in [6, 6.07) is 0. The summed E-state index contributed by atoms with van der Waals surface area (Å²) in [7, 11) is 1.44. The lowest BCUT2D eigenvalue weighted by molar-refractivity contribution is -0.136. The third-order valence-electron chi connectivity index (χ3n) is 2.10. The van der Waals surface area contributed by atoms with Gasteiger partial charge in [-0.25, -0.2) is 4.79 Å². The first kappa shape index (κ1) is 14.2. The average Bonchev–Trinajstić information content (AvgIpc) is 2.13. The molecule has 88 valence electrons. The minimum absolute atomic E-state index is 0.0374. The van der Waals surface area contributed by atoms with Gasteiger partial charge in [0.25, 0.3) is 0 Å². The summed E-state index contributed by atoms with van der Waals surface area (Å²) in [5.74, 6) is -0.180. The molecule has 0 aromatic rings. The molecule has 0 N–H and O–H groups in total. The van der Waals surface area contributed by atoms with E-state index in [0.717, 1.165) is 18.4 Å². The topological polar surface area (TPSA) is 26.3 Å². The van der Waals surface area contributed by atoms with Gasteiger partial charge in [0.15, 0.2) is 0 Å². The number of unbranched alkanes of at least 4 members (excludes halogenated alkanes) is 2. The molecule has 0 saturated heterocycles. The highest BCUT2D eigenvalue weighted by Gasteiger charge is 2.14. The van der Waals surface area contributed by atoms with E-state index in [1.165, 1.54) is 20.0 Å². The Hall–Kier alpha value is -0.790. The van der Waals surface area contributed by atoms with Crippen LogP contribution in [0.4, 0.5) is 0 Å². The summed E-state index contributed by atoms with van der Waals surface area (Å²) in [4.78, 5) is 11.5. The molecule has 0 unspecified atom stereocenters. The lowest BCUT2D eigenvalue weighted by Gasteiger charge is -2.15. The first-order chi connectivity index (χ1) is 6.90. The molecule has 2 nitrogen and oxygen atoms in total. The Bertz CT molecular complexity index is 221. The monoisotopic (exact) mass is 212 g/mol. The summed E-state index contributed by atoms with van der Waals surface area (Å²) in [5.41, 5.74) is 0.855. The molecule has 0 radical (unpaired) electrons. The highest BCUT2D eigenvalue weighted by atomic mass is 16.5. The summed E-state index contributed by atoms with van der Waals surface area (Å²) < 4.78 is 4.78. The number of carbonyl (C=O) groups excluding carboxylic acids is 1. The van der Waals surface area contributed by atoms with Crippen LogP contribution in [0, 0.1) is 5.41 Å². The molecule has 0 aliphatic heterocycles. The maximum absolute atomic E-state index is 11.5. The van der Waals surface area contributed by atoms with E-state index in [1.807, 2.05) is 6.08 Å². The van der Waals surface area contributed by atoms with Crippen molar-refractivity contribution >= 4 is 5.97 Å². The fourth-order valence-corrected chi connectivity index (χ4v) is 1.45. The van der Waals surface area contributed by atoms with Crippen molar-refractivity contribution in [3.8, 4) is 0 Å². The zero-order valence-electron chi connectivity index (χ0n) is 10.7. The van der Waals surface area contributed by atoms with Crippen LogP contribution < -0.4 is 0 Å². The number of carbonyl (C=O) groups is 1. The Balaban J connectivity index is 4.45. The number of ether oxygens (including phenoxy) is 1. The molecule has 0 amide bonds. The number of hydrogen-bond acceptors (Lipinski definition) is 2. The molecule has 0 heterocycles. The van der Waals surface area contributed by atoms with E-state index in [-0.39, 0.29) is 11.4 Å². The van der Waals surface area contributed by atoms with Gasteiger partial charge in [-0.1, -0.05) is 46.6 Å². The van der Waals surface area contributed by atoms with Gasteiger partial charge in [0.05, 0.1) is 7.11 Å². The molecule has 0 bridgehead atoms. The Morgan fingerprint density at radius 2 is 1.87 bits per heavy atom. The number of rotatable bonds is 5. The Morgan fingerprint density at radius 3 is 2.27 bits per heavy atom. The van der Waals surface area contributed by atoms with Crippen LogP contribution in [0.5, 0.6) is 0 Å². The largest absolute Gasteiger partial charge is 0.466 e. The van der Waals surface area contributed by atoms with Crippen molar-refractivity contribution in [1.29, 1.82) is 0 Å². The third-order valence-corrected chi connectivity index (χ3v) is 2.10. The van der Waals surface area contributed by atoms with Crippen molar-refractivity contribution in [3.05, 3.63) is 11.6 Å². The van der Waals surface area contributed by atoms with Gasteiger partial charge in [-0.3, -0.25) is 0 Å². The second kappa shape index (κ2) is 6.65. The van der Waals surface area contributed by atoms with E-state index in [2.05, 4.69) is 27.7 Å². The second-order valence-electron chi connectivity index (χ2n) is 4.98. The molecule has 0 spiro atoms. The molecule has 0 aliphatic carbocycles. The maximum atomic E-state index is 11.5. The third kappa shape index (κ3) is 7.18. The highest BCUT2D eigenvalue weighted by molar-refractivity contribution is 5.88. The zero-order chi connectivity index (χ0) is 11.9. The molecule has 0 atom stereocenters. The molecule has 2 heteroatoms. The predicted molar refractivity (Wildman–Crippen MR) is 63.7 cm³/mol. The van der Waals surface area contributed by atoms with Crippen LogP contribution in [0.15, 0.2) is 11.6 Å². The van der Waals surface area contributed by atoms with E-state index in [1.54, 1.807) is 0 Å². The van der Waals surface area contributed by atoms with Gasteiger partial charge in [-0.15, -0.1) is 0 Å². The first-order valence-electron chi connectivity index (χ1n) is 5.70.